The van der Waals surface area contributed by atoms with Crippen molar-refractivity contribution in [2.45, 2.75) is 62.3 Å². The molecule has 13 heteroatoms. The molecule has 41 heavy (non-hydrogen) atoms. The number of carbonyl (C=O) groups is 1. The van der Waals surface area contributed by atoms with Crippen LogP contribution in [0.1, 0.15) is 43.9 Å². The van der Waals surface area contributed by atoms with Crippen molar-refractivity contribution in [1.82, 2.24) is 19.6 Å². The molecule has 3 heterocycles. The average molecular weight is 592 g/mol. The van der Waals surface area contributed by atoms with E-state index in [2.05, 4.69) is 15.3 Å². The van der Waals surface area contributed by atoms with Gasteiger partial charge in [0.2, 0.25) is 21.9 Å². The molecule has 5 rings (SSSR count). The lowest BCUT2D eigenvalue weighted by atomic mass is 10.1. The van der Waals surface area contributed by atoms with Gasteiger partial charge in [0.05, 0.1) is 28.4 Å². The van der Waals surface area contributed by atoms with Crippen molar-refractivity contribution in [3.63, 3.8) is 0 Å². The number of benzene rings is 2. The Kier molecular flexibility index (Phi) is 8.02. The van der Waals surface area contributed by atoms with E-state index in [9.17, 15) is 30.8 Å². The fraction of sp³-hybridized carbons (Fsp3) is 0.393. The van der Waals surface area contributed by atoms with Crippen molar-refractivity contribution in [1.29, 1.82) is 0 Å². The smallest absolute Gasteiger partial charge is 0.349 e. The van der Waals surface area contributed by atoms with Crippen LogP contribution in [0, 0.1) is 5.82 Å². The summed E-state index contributed by atoms with van der Waals surface area (Å²) in [6, 6.07) is 9.97. The predicted molar refractivity (Wildman–Crippen MR) is 144 cm³/mol. The van der Waals surface area contributed by atoms with Crippen molar-refractivity contribution in [2.24, 2.45) is 0 Å². The Bertz CT molecular complexity index is 1520. The topological polar surface area (TPSA) is 95.5 Å². The highest BCUT2D eigenvalue weighted by molar-refractivity contribution is 7.89. The number of aromatic nitrogens is 2. The zero-order valence-electron chi connectivity index (χ0n) is 22.2. The van der Waals surface area contributed by atoms with Gasteiger partial charge in [-0.25, -0.2) is 22.8 Å². The van der Waals surface area contributed by atoms with E-state index in [1.54, 1.807) is 6.07 Å². The average Bonchev–Trinajstić information content (AvgIpc) is 3.61. The van der Waals surface area contributed by atoms with E-state index in [-0.39, 0.29) is 24.0 Å². The van der Waals surface area contributed by atoms with Crippen molar-refractivity contribution >= 4 is 21.9 Å². The number of nitrogens with one attached hydrogen (secondary N) is 1. The quantitative estimate of drug-likeness (QED) is 0.398. The molecule has 1 N–H and O–H groups in total. The molecule has 0 radical (unpaired) electrons. The molecular formula is C28H29F4N5O3S. The van der Waals surface area contributed by atoms with Gasteiger partial charge < -0.3 is 10.2 Å². The normalized spacial score (nSPS) is 20.0. The molecule has 8 nitrogen and oxygen atoms in total. The third-order valence-corrected chi connectivity index (χ3v) is 9.38. The minimum absolute atomic E-state index is 0.0366. The van der Waals surface area contributed by atoms with Crippen molar-refractivity contribution < 1.29 is 30.8 Å². The van der Waals surface area contributed by atoms with Crippen LogP contribution in [0.25, 0.3) is 11.3 Å². The van der Waals surface area contributed by atoms with Crippen molar-refractivity contribution in [2.75, 3.05) is 18.0 Å². The molecular weight excluding hydrogens is 562 g/mol. The van der Waals surface area contributed by atoms with Crippen LogP contribution in [0.15, 0.2) is 59.5 Å². The number of nitrogens with zero attached hydrogens (tertiary/aromatic N) is 4. The molecule has 2 saturated heterocycles. The second-order valence-corrected chi connectivity index (χ2v) is 12.1. The molecule has 218 valence electrons. The minimum atomic E-state index is -4.46. The summed E-state index contributed by atoms with van der Waals surface area (Å²) in [6.45, 7) is 2.88. The van der Waals surface area contributed by atoms with E-state index in [1.807, 2.05) is 11.8 Å². The summed E-state index contributed by atoms with van der Waals surface area (Å²) in [5.41, 5.74) is 0.540. The predicted octanol–water partition coefficient (Wildman–Crippen LogP) is 4.76. The van der Waals surface area contributed by atoms with E-state index in [0.29, 0.717) is 35.7 Å². The van der Waals surface area contributed by atoms with Crippen LogP contribution < -0.4 is 10.2 Å². The molecule has 1 aromatic heterocycles. The molecule has 1 amide bonds. The molecule has 0 aliphatic carbocycles. The highest BCUT2D eigenvalue weighted by Crippen LogP contribution is 2.32. The number of alkyl halides is 3. The molecule has 2 aliphatic rings. The molecule has 0 spiro atoms. The molecule has 2 aromatic carbocycles. The Morgan fingerprint density at radius 2 is 1.68 bits per heavy atom. The third kappa shape index (κ3) is 6.20. The van der Waals surface area contributed by atoms with Gasteiger partial charge in [0.1, 0.15) is 11.9 Å². The van der Waals surface area contributed by atoms with Gasteiger partial charge in [0.25, 0.3) is 0 Å². The first-order valence-electron chi connectivity index (χ1n) is 13.3. The lowest BCUT2D eigenvalue weighted by molar-refractivity contribution is -0.137. The number of rotatable bonds is 7. The summed E-state index contributed by atoms with van der Waals surface area (Å²) in [6.07, 6.45) is -1.76. The van der Waals surface area contributed by atoms with Gasteiger partial charge in [0, 0.05) is 24.7 Å². The second kappa shape index (κ2) is 11.4. The molecule has 2 fully saturated rings. The van der Waals surface area contributed by atoms with Crippen LogP contribution in [0.3, 0.4) is 0 Å². The maximum absolute atomic E-state index is 13.3. The summed E-state index contributed by atoms with van der Waals surface area (Å²) < 4.78 is 80.1. The molecule has 0 saturated carbocycles. The summed E-state index contributed by atoms with van der Waals surface area (Å²) >= 11 is 0. The Balaban J connectivity index is 1.37. The van der Waals surface area contributed by atoms with Gasteiger partial charge in [-0.15, -0.1) is 0 Å². The van der Waals surface area contributed by atoms with Gasteiger partial charge in [-0.05, 0) is 75.1 Å². The van der Waals surface area contributed by atoms with Crippen LogP contribution in [-0.2, 0) is 27.5 Å². The van der Waals surface area contributed by atoms with Crippen LogP contribution in [0.2, 0.25) is 0 Å². The van der Waals surface area contributed by atoms with Gasteiger partial charge in [-0.3, -0.25) is 4.79 Å². The number of carbonyl (C=O) groups excluding carboxylic acids is 1. The maximum Gasteiger partial charge on any atom is 0.416 e. The van der Waals surface area contributed by atoms with Crippen molar-refractivity contribution in [3.8, 4) is 11.3 Å². The summed E-state index contributed by atoms with van der Waals surface area (Å²) in [4.78, 5) is 24.4. The van der Waals surface area contributed by atoms with E-state index in [0.717, 1.165) is 48.0 Å². The molecule has 2 aliphatic heterocycles. The Hall–Kier alpha value is -3.58. The van der Waals surface area contributed by atoms with Crippen LogP contribution in [-0.4, -0.2) is 53.8 Å². The summed E-state index contributed by atoms with van der Waals surface area (Å²) in [5.74, 6) is -0.653. The summed E-state index contributed by atoms with van der Waals surface area (Å²) in [5, 5.41) is 2.78. The first kappa shape index (κ1) is 28.9. The number of hydrogen-bond acceptors (Lipinski definition) is 6. The SMILES string of the molecule is CC1CCCN1c1nc(CNC(=O)[C@@H]2CCCN2S(=O)(=O)c2ccc(F)cc2)cc(-c2ccc(C(F)(F)F)cc2)n1. The zero-order valence-corrected chi connectivity index (χ0v) is 23.1. The fourth-order valence-electron chi connectivity index (χ4n) is 5.24. The monoisotopic (exact) mass is 591 g/mol. The first-order chi connectivity index (χ1) is 19.4. The summed E-state index contributed by atoms with van der Waals surface area (Å²) in [7, 11) is -4.02. The molecule has 3 aromatic rings. The molecule has 2 atom stereocenters. The number of amides is 1. The number of anilines is 1. The highest BCUT2D eigenvalue weighted by atomic mass is 32.2. The van der Waals surface area contributed by atoms with Crippen LogP contribution >= 0.6 is 0 Å². The van der Waals surface area contributed by atoms with E-state index >= 15 is 0 Å². The van der Waals surface area contributed by atoms with Crippen LogP contribution in [0.5, 0.6) is 0 Å². The van der Waals surface area contributed by atoms with E-state index < -0.39 is 39.5 Å². The Labute approximate surface area is 235 Å². The Morgan fingerprint density at radius 3 is 2.32 bits per heavy atom. The Morgan fingerprint density at radius 1 is 1.00 bits per heavy atom. The van der Waals surface area contributed by atoms with E-state index in [1.165, 1.54) is 24.3 Å². The highest BCUT2D eigenvalue weighted by Gasteiger charge is 2.39. The maximum atomic E-state index is 13.3. The standard InChI is InChI=1S/C28H29F4N5O3S/c1-18-4-2-14-36(18)27-34-22(16-24(35-27)19-6-8-20(9-7-19)28(30,31)32)17-33-26(38)25-5-3-15-37(25)41(39,40)23-12-10-21(29)11-13-23/h6-13,16,18,25H,2-5,14-15,17H2,1H3,(H,33,38)/t18?,25-/m0/s1. The zero-order chi connectivity index (χ0) is 29.4. The lowest BCUT2D eigenvalue weighted by Gasteiger charge is -2.24. The van der Waals surface area contributed by atoms with Crippen molar-refractivity contribution in [3.05, 3.63) is 71.7 Å². The van der Waals surface area contributed by atoms with Gasteiger partial charge in [-0.2, -0.15) is 17.5 Å². The number of halogens is 4. The van der Waals surface area contributed by atoms with Crippen LogP contribution in [0.4, 0.5) is 23.5 Å². The first-order valence-corrected chi connectivity index (χ1v) is 14.7. The number of hydrogen-bond donors (Lipinski definition) is 1. The lowest BCUT2D eigenvalue weighted by Crippen LogP contribution is -2.45. The molecule has 0 bridgehead atoms. The second-order valence-electron chi connectivity index (χ2n) is 10.2. The van der Waals surface area contributed by atoms with Gasteiger partial charge in [0.15, 0.2) is 0 Å². The van der Waals surface area contributed by atoms with Gasteiger partial charge >= 0.3 is 6.18 Å². The van der Waals surface area contributed by atoms with E-state index in [4.69, 9.17) is 0 Å². The molecule has 1 unspecified atom stereocenters. The third-order valence-electron chi connectivity index (χ3n) is 7.46. The largest absolute Gasteiger partial charge is 0.416 e. The number of sulfonamides is 1. The minimum Gasteiger partial charge on any atom is -0.349 e. The van der Waals surface area contributed by atoms with Gasteiger partial charge in [-0.1, -0.05) is 12.1 Å². The fourth-order valence-corrected chi connectivity index (χ4v) is 6.89.